The molecule has 0 bridgehead atoms. The summed E-state index contributed by atoms with van der Waals surface area (Å²) in [4.78, 5) is 14.1. The summed E-state index contributed by atoms with van der Waals surface area (Å²) in [7, 11) is 0. The van der Waals surface area contributed by atoms with Gasteiger partial charge in [-0.2, -0.15) is 0 Å². The van der Waals surface area contributed by atoms with E-state index in [0.29, 0.717) is 19.0 Å². The van der Waals surface area contributed by atoms with Crippen LogP contribution >= 0.6 is 0 Å². The average molecular weight is 293 g/mol. The molecule has 1 unspecified atom stereocenters. The fourth-order valence-corrected chi connectivity index (χ4v) is 3.05. The van der Waals surface area contributed by atoms with Gasteiger partial charge in [0.05, 0.1) is 0 Å². The lowest BCUT2D eigenvalue weighted by atomic mass is 9.77. The van der Waals surface area contributed by atoms with Gasteiger partial charge < -0.3 is 10.0 Å². The minimum Gasteiger partial charge on any atom is -0.507 e. The molecule has 1 aliphatic rings. The normalized spacial score (nSPS) is 20.2. The molecule has 0 saturated carbocycles. The van der Waals surface area contributed by atoms with Crippen LogP contribution in [0, 0.1) is 17.2 Å². The molecule has 1 heterocycles. The Morgan fingerprint density at radius 1 is 1.29 bits per heavy atom. The molecule has 21 heavy (non-hydrogen) atoms. The van der Waals surface area contributed by atoms with Gasteiger partial charge in [0.25, 0.3) is 5.91 Å². The summed E-state index contributed by atoms with van der Waals surface area (Å²) in [6, 6.07) is 3.97. The third-order valence-corrected chi connectivity index (χ3v) is 4.45. The molecule has 0 aromatic heterocycles. The third-order valence-electron chi connectivity index (χ3n) is 4.45. The number of hydrogen-bond donors (Lipinski definition) is 1. The van der Waals surface area contributed by atoms with E-state index in [0.717, 1.165) is 19.3 Å². The van der Waals surface area contributed by atoms with Crippen LogP contribution < -0.4 is 0 Å². The van der Waals surface area contributed by atoms with Gasteiger partial charge >= 0.3 is 0 Å². The Morgan fingerprint density at radius 2 is 2.00 bits per heavy atom. The number of likely N-dealkylation sites (tertiary alicyclic amines) is 1. The van der Waals surface area contributed by atoms with Crippen LogP contribution in [0.2, 0.25) is 0 Å². The Bertz CT molecular complexity index is 502. The van der Waals surface area contributed by atoms with Crippen molar-refractivity contribution in [2.75, 3.05) is 13.1 Å². The van der Waals surface area contributed by atoms with Gasteiger partial charge in [-0.05, 0) is 42.7 Å². The van der Waals surface area contributed by atoms with E-state index in [2.05, 4.69) is 20.8 Å². The fraction of sp³-hybridized carbons (Fsp3) is 0.588. The number of hydrogen-bond acceptors (Lipinski definition) is 2. The molecule has 4 heteroatoms. The zero-order valence-corrected chi connectivity index (χ0v) is 13.0. The second-order valence-electron chi connectivity index (χ2n) is 6.92. The van der Waals surface area contributed by atoms with E-state index in [4.69, 9.17) is 0 Å². The van der Waals surface area contributed by atoms with Gasteiger partial charge in [-0.1, -0.05) is 26.8 Å². The zero-order valence-electron chi connectivity index (χ0n) is 13.0. The highest BCUT2D eigenvalue weighted by Crippen LogP contribution is 2.34. The van der Waals surface area contributed by atoms with Crippen LogP contribution in [-0.4, -0.2) is 29.0 Å². The molecule has 1 aliphatic heterocycles. The van der Waals surface area contributed by atoms with Gasteiger partial charge in [0.2, 0.25) is 0 Å². The Morgan fingerprint density at radius 3 is 2.62 bits per heavy atom. The molecular formula is C17H24FNO2. The van der Waals surface area contributed by atoms with Crippen molar-refractivity contribution in [2.45, 2.75) is 40.0 Å². The van der Waals surface area contributed by atoms with E-state index in [1.165, 1.54) is 18.2 Å². The third kappa shape index (κ3) is 3.55. The highest BCUT2D eigenvalue weighted by atomic mass is 19.1. The van der Waals surface area contributed by atoms with Crippen molar-refractivity contribution in [2.24, 2.45) is 11.3 Å². The minimum atomic E-state index is -0.656. The highest BCUT2D eigenvalue weighted by Gasteiger charge is 2.30. The maximum atomic E-state index is 13.8. The first-order valence-electron chi connectivity index (χ1n) is 7.57. The van der Waals surface area contributed by atoms with E-state index >= 15 is 0 Å². The summed E-state index contributed by atoms with van der Waals surface area (Å²) < 4.78 is 13.8. The van der Waals surface area contributed by atoms with Gasteiger partial charge in [0.15, 0.2) is 0 Å². The SMILES string of the molecule is CC(C)(C)C1CCCN(C(=O)c2c(O)cccc2F)CC1. The van der Waals surface area contributed by atoms with Crippen molar-refractivity contribution in [3.63, 3.8) is 0 Å². The highest BCUT2D eigenvalue weighted by molar-refractivity contribution is 5.97. The Labute approximate surface area is 125 Å². The van der Waals surface area contributed by atoms with Gasteiger partial charge in [-0.25, -0.2) is 4.39 Å². The first-order valence-corrected chi connectivity index (χ1v) is 7.57. The van der Waals surface area contributed by atoms with Gasteiger partial charge in [-0.15, -0.1) is 0 Å². The van der Waals surface area contributed by atoms with Crippen LogP contribution in [0.15, 0.2) is 18.2 Å². The van der Waals surface area contributed by atoms with Gasteiger partial charge in [-0.3, -0.25) is 4.79 Å². The lowest BCUT2D eigenvalue weighted by Gasteiger charge is -2.29. The van der Waals surface area contributed by atoms with E-state index in [1.54, 1.807) is 4.90 Å². The van der Waals surface area contributed by atoms with Crippen LogP contribution in [0.25, 0.3) is 0 Å². The summed E-state index contributed by atoms with van der Waals surface area (Å²) in [5.41, 5.74) is 0.0193. The largest absolute Gasteiger partial charge is 0.507 e. The Balaban J connectivity index is 2.14. The molecule has 116 valence electrons. The fourth-order valence-electron chi connectivity index (χ4n) is 3.05. The van der Waals surface area contributed by atoms with Crippen molar-refractivity contribution in [3.05, 3.63) is 29.6 Å². The standard InChI is InChI=1S/C17H24FNO2/c1-17(2,3)12-6-5-10-19(11-9-12)16(21)15-13(18)7-4-8-14(15)20/h4,7-8,12,20H,5-6,9-11H2,1-3H3. The number of nitrogens with zero attached hydrogens (tertiary/aromatic N) is 1. The Hall–Kier alpha value is -1.58. The number of phenols is 1. The molecule has 1 aromatic carbocycles. The number of halogens is 1. The maximum absolute atomic E-state index is 13.8. The van der Waals surface area contributed by atoms with Gasteiger partial charge in [0, 0.05) is 13.1 Å². The summed E-state index contributed by atoms with van der Waals surface area (Å²) in [6.45, 7) is 7.90. The topological polar surface area (TPSA) is 40.5 Å². The summed E-state index contributed by atoms with van der Waals surface area (Å²) in [5, 5.41) is 9.76. The molecule has 1 N–H and O–H groups in total. The van der Waals surface area contributed by atoms with E-state index < -0.39 is 11.7 Å². The molecule has 2 rings (SSSR count). The quantitative estimate of drug-likeness (QED) is 0.855. The van der Waals surface area contributed by atoms with Crippen LogP contribution in [0.5, 0.6) is 5.75 Å². The second-order valence-corrected chi connectivity index (χ2v) is 6.92. The molecule has 1 amide bonds. The van der Waals surface area contributed by atoms with Crippen LogP contribution in [0.1, 0.15) is 50.4 Å². The monoisotopic (exact) mass is 293 g/mol. The van der Waals surface area contributed by atoms with Crippen molar-refractivity contribution in [1.29, 1.82) is 0 Å². The van der Waals surface area contributed by atoms with Crippen LogP contribution in [-0.2, 0) is 0 Å². The molecule has 1 saturated heterocycles. The molecule has 1 aromatic rings. The van der Waals surface area contributed by atoms with E-state index in [-0.39, 0.29) is 16.7 Å². The van der Waals surface area contributed by atoms with E-state index in [1.807, 2.05) is 0 Å². The second kappa shape index (κ2) is 6.04. The van der Waals surface area contributed by atoms with Gasteiger partial charge in [0.1, 0.15) is 17.1 Å². The average Bonchev–Trinajstić information content (AvgIpc) is 2.63. The first-order chi connectivity index (χ1) is 9.80. The molecule has 1 fully saturated rings. The summed E-state index contributed by atoms with van der Waals surface area (Å²) in [6.07, 6.45) is 2.92. The van der Waals surface area contributed by atoms with Crippen LogP contribution in [0.3, 0.4) is 0 Å². The predicted octanol–water partition coefficient (Wildman–Crippen LogP) is 3.82. The number of benzene rings is 1. The van der Waals surface area contributed by atoms with Crippen molar-refractivity contribution in [3.8, 4) is 5.75 Å². The molecule has 0 spiro atoms. The van der Waals surface area contributed by atoms with Crippen LogP contribution in [0.4, 0.5) is 4.39 Å². The lowest BCUT2D eigenvalue weighted by Crippen LogP contribution is -2.33. The number of amides is 1. The number of carbonyl (C=O) groups is 1. The minimum absolute atomic E-state index is 0.202. The lowest BCUT2D eigenvalue weighted by molar-refractivity contribution is 0.0747. The zero-order chi connectivity index (χ0) is 15.6. The molecule has 0 radical (unpaired) electrons. The summed E-state index contributed by atoms with van der Waals surface area (Å²) in [5.74, 6) is -0.780. The Kier molecular flexibility index (Phi) is 4.55. The number of aromatic hydroxyl groups is 1. The maximum Gasteiger partial charge on any atom is 0.260 e. The summed E-state index contributed by atoms with van der Waals surface area (Å²) >= 11 is 0. The molecular weight excluding hydrogens is 269 g/mol. The molecule has 0 aliphatic carbocycles. The van der Waals surface area contributed by atoms with E-state index in [9.17, 15) is 14.3 Å². The van der Waals surface area contributed by atoms with Crippen molar-refractivity contribution in [1.82, 2.24) is 4.90 Å². The van der Waals surface area contributed by atoms with Crippen molar-refractivity contribution < 1.29 is 14.3 Å². The first kappa shape index (κ1) is 15.8. The smallest absolute Gasteiger partial charge is 0.260 e. The molecule has 3 nitrogen and oxygen atoms in total. The van der Waals surface area contributed by atoms with Crippen molar-refractivity contribution >= 4 is 5.91 Å². The predicted molar refractivity (Wildman–Crippen MR) is 80.8 cm³/mol. The number of carbonyl (C=O) groups excluding carboxylic acids is 1. The number of phenolic OH excluding ortho intramolecular Hbond substituents is 1. The molecule has 1 atom stereocenters. The number of rotatable bonds is 1.